The van der Waals surface area contributed by atoms with Gasteiger partial charge in [-0.05, 0) is 25.2 Å². The van der Waals surface area contributed by atoms with Crippen LogP contribution < -0.4 is 5.32 Å². The van der Waals surface area contributed by atoms with E-state index < -0.39 is 5.82 Å². The second kappa shape index (κ2) is 4.86. The van der Waals surface area contributed by atoms with E-state index in [4.69, 9.17) is 11.6 Å². The standard InChI is InChI=1S/C10H9ClFN3S/c1-13-5-9-14-15-10(16-9)6-2-3-8(12)7(11)4-6/h2-4,13H,5H2,1H3. The second-order valence-electron chi connectivity index (χ2n) is 3.16. The summed E-state index contributed by atoms with van der Waals surface area (Å²) in [4.78, 5) is 0. The monoisotopic (exact) mass is 257 g/mol. The van der Waals surface area contributed by atoms with Gasteiger partial charge in [-0.1, -0.05) is 22.9 Å². The van der Waals surface area contributed by atoms with Gasteiger partial charge in [0.25, 0.3) is 0 Å². The summed E-state index contributed by atoms with van der Waals surface area (Å²) < 4.78 is 13.0. The molecule has 16 heavy (non-hydrogen) atoms. The van der Waals surface area contributed by atoms with Crippen molar-refractivity contribution in [2.75, 3.05) is 7.05 Å². The first-order valence-corrected chi connectivity index (χ1v) is 5.82. The minimum absolute atomic E-state index is 0.0999. The van der Waals surface area contributed by atoms with Crippen LogP contribution in [0.15, 0.2) is 18.2 Å². The predicted octanol–water partition coefficient (Wildman–Crippen LogP) is 2.72. The van der Waals surface area contributed by atoms with E-state index in [1.54, 1.807) is 12.1 Å². The summed E-state index contributed by atoms with van der Waals surface area (Å²) in [5.41, 5.74) is 0.784. The Hall–Kier alpha value is -1.04. The van der Waals surface area contributed by atoms with Gasteiger partial charge in [-0.25, -0.2) is 4.39 Å². The van der Waals surface area contributed by atoms with Gasteiger partial charge in [-0.15, -0.1) is 10.2 Å². The molecule has 0 atom stereocenters. The minimum Gasteiger partial charge on any atom is -0.313 e. The van der Waals surface area contributed by atoms with Crippen LogP contribution in [0.5, 0.6) is 0 Å². The van der Waals surface area contributed by atoms with Crippen LogP contribution in [0.2, 0.25) is 5.02 Å². The number of hydrogen-bond acceptors (Lipinski definition) is 4. The SMILES string of the molecule is CNCc1nnc(-c2ccc(F)c(Cl)c2)s1. The van der Waals surface area contributed by atoms with Crippen LogP contribution in [0.3, 0.4) is 0 Å². The predicted molar refractivity (Wildman–Crippen MR) is 63.1 cm³/mol. The van der Waals surface area contributed by atoms with Crippen LogP contribution in [-0.4, -0.2) is 17.2 Å². The molecule has 0 aliphatic rings. The maximum atomic E-state index is 13.0. The molecular formula is C10H9ClFN3S. The van der Waals surface area contributed by atoms with Crippen molar-refractivity contribution in [1.82, 2.24) is 15.5 Å². The van der Waals surface area contributed by atoms with Gasteiger partial charge < -0.3 is 5.32 Å². The molecule has 1 aromatic heterocycles. The highest BCUT2D eigenvalue weighted by Crippen LogP contribution is 2.27. The zero-order chi connectivity index (χ0) is 11.5. The molecule has 1 aromatic carbocycles. The highest BCUT2D eigenvalue weighted by atomic mass is 35.5. The van der Waals surface area contributed by atoms with E-state index in [0.29, 0.717) is 6.54 Å². The van der Waals surface area contributed by atoms with Gasteiger partial charge in [-0.3, -0.25) is 0 Å². The summed E-state index contributed by atoms with van der Waals surface area (Å²) in [5, 5.41) is 12.7. The molecule has 0 radical (unpaired) electrons. The summed E-state index contributed by atoms with van der Waals surface area (Å²) in [6, 6.07) is 4.53. The van der Waals surface area contributed by atoms with Crippen LogP contribution in [0.1, 0.15) is 5.01 Å². The lowest BCUT2D eigenvalue weighted by atomic mass is 10.2. The van der Waals surface area contributed by atoms with Crippen molar-refractivity contribution in [3.8, 4) is 10.6 Å². The van der Waals surface area contributed by atoms with Crippen LogP contribution in [0, 0.1) is 5.82 Å². The van der Waals surface area contributed by atoms with Gasteiger partial charge in [-0.2, -0.15) is 0 Å². The first-order valence-electron chi connectivity index (χ1n) is 4.63. The van der Waals surface area contributed by atoms with E-state index >= 15 is 0 Å². The summed E-state index contributed by atoms with van der Waals surface area (Å²) in [6.07, 6.45) is 0. The number of benzene rings is 1. The summed E-state index contributed by atoms with van der Waals surface area (Å²) >= 11 is 7.16. The normalized spacial score (nSPS) is 10.7. The topological polar surface area (TPSA) is 37.8 Å². The first-order chi connectivity index (χ1) is 7.70. The molecule has 0 unspecified atom stereocenters. The maximum Gasteiger partial charge on any atom is 0.147 e. The van der Waals surface area contributed by atoms with Gasteiger partial charge >= 0.3 is 0 Å². The first kappa shape index (κ1) is 11.4. The molecule has 0 aliphatic heterocycles. The lowest BCUT2D eigenvalue weighted by molar-refractivity contribution is 0.628. The van der Waals surface area contributed by atoms with Gasteiger partial charge in [0.2, 0.25) is 0 Å². The zero-order valence-electron chi connectivity index (χ0n) is 8.50. The number of nitrogens with one attached hydrogen (secondary N) is 1. The lowest BCUT2D eigenvalue weighted by Gasteiger charge is -1.97. The fourth-order valence-corrected chi connectivity index (χ4v) is 2.25. The Morgan fingerprint density at radius 1 is 1.44 bits per heavy atom. The highest BCUT2D eigenvalue weighted by molar-refractivity contribution is 7.14. The second-order valence-corrected chi connectivity index (χ2v) is 4.63. The van der Waals surface area contributed by atoms with E-state index in [9.17, 15) is 4.39 Å². The molecule has 0 fully saturated rings. The van der Waals surface area contributed by atoms with Crippen molar-refractivity contribution in [2.45, 2.75) is 6.54 Å². The van der Waals surface area contributed by atoms with Crippen LogP contribution in [0.4, 0.5) is 4.39 Å². The summed E-state index contributed by atoms with van der Waals surface area (Å²) in [6.45, 7) is 0.673. The Balaban J connectivity index is 2.31. The number of nitrogens with zero attached hydrogens (tertiary/aromatic N) is 2. The minimum atomic E-state index is -0.426. The number of halogens is 2. The van der Waals surface area contributed by atoms with E-state index in [-0.39, 0.29) is 5.02 Å². The highest BCUT2D eigenvalue weighted by Gasteiger charge is 2.08. The van der Waals surface area contributed by atoms with Gasteiger partial charge in [0, 0.05) is 12.1 Å². The van der Waals surface area contributed by atoms with E-state index in [2.05, 4.69) is 15.5 Å². The molecule has 2 aromatic rings. The molecule has 0 saturated carbocycles. The van der Waals surface area contributed by atoms with Crippen LogP contribution in [-0.2, 0) is 6.54 Å². The van der Waals surface area contributed by atoms with Crippen molar-refractivity contribution in [3.05, 3.63) is 34.0 Å². The van der Waals surface area contributed by atoms with Crippen LogP contribution >= 0.6 is 22.9 Å². The van der Waals surface area contributed by atoms with Crippen molar-refractivity contribution in [3.63, 3.8) is 0 Å². The fourth-order valence-electron chi connectivity index (χ4n) is 1.22. The van der Waals surface area contributed by atoms with Crippen molar-refractivity contribution in [1.29, 1.82) is 0 Å². The average molecular weight is 258 g/mol. The third kappa shape index (κ3) is 2.37. The Labute approximate surface area is 101 Å². The molecule has 0 aliphatic carbocycles. The Morgan fingerprint density at radius 2 is 2.25 bits per heavy atom. The molecule has 1 N–H and O–H groups in total. The molecule has 3 nitrogen and oxygen atoms in total. The quantitative estimate of drug-likeness (QED) is 0.919. The van der Waals surface area contributed by atoms with E-state index in [1.165, 1.54) is 17.4 Å². The molecule has 84 valence electrons. The van der Waals surface area contributed by atoms with Gasteiger partial charge in [0.1, 0.15) is 15.8 Å². The van der Waals surface area contributed by atoms with Gasteiger partial charge in [0.15, 0.2) is 0 Å². The Bertz CT molecular complexity index is 501. The molecule has 0 bridgehead atoms. The van der Waals surface area contributed by atoms with Gasteiger partial charge in [0.05, 0.1) is 5.02 Å². The van der Waals surface area contributed by atoms with Crippen molar-refractivity contribution >= 4 is 22.9 Å². The largest absolute Gasteiger partial charge is 0.313 e. The van der Waals surface area contributed by atoms with E-state index in [0.717, 1.165) is 15.6 Å². The van der Waals surface area contributed by atoms with Crippen molar-refractivity contribution in [2.24, 2.45) is 0 Å². The lowest BCUT2D eigenvalue weighted by Crippen LogP contribution is -2.04. The van der Waals surface area contributed by atoms with Crippen LogP contribution in [0.25, 0.3) is 10.6 Å². The molecule has 1 heterocycles. The molecule has 6 heteroatoms. The van der Waals surface area contributed by atoms with Crippen molar-refractivity contribution < 1.29 is 4.39 Å². The third-order valence-corrected chi connectivity index (χ3v) is 3.22. The molecule has 0 saturated heterocycles. The smallest absolute Gasteiger partial charge is 0.147 e. The van der Waals surface area contributed by atoms with E-state index in [1.807, 2.05) is 7.05 Å². The number of rotatable bonds is 3. The summed E-state index contributed by atoms with van der Waals surface area (Å²) in [7, 11) is 1.84. The molecule has 0 spiro atoms. The third-order valence-electron chi connectivity index (χ3n) is 1.96. The zero-order valence-corrected chi connectivity index (χ0v) is 10.1. The fraction of sp³-hybridized carbons (Fsp3) is 0.200. The summed E-state index contributed by atoms with van der Waals surface area (Å²) in [5.74, 6) is -0.426. The Kier molecular flexibility index (Phi) is 3.48. The molecule has 0 amide bonds. The molecular weight excluding hydrogens is 249 g/mol. The molecule has 2 rings (SSSR count). The average Bonchev–Trinajstić information content (AvgIpc) is 2.71. The maximum absolute atomic E-state index is 13.0. The Morgan fingerprint density at radius 3 is 2.94 bits per heavy atom. The number of aromatic nitrogens is 2. The number of hydrogen-bond donors (Lipinski definition) is 1.